The van der Waals surface area contributed by atoms with Crippen molar-refractivity contribution in [3.05, 3.63) is 59.4 Å². The predicted molar refractivity (Wildman–Crippen MR) is 91.0 cm³/mol. The summed E-state index contributed by atoms with van der Waals surface area (Å²) in [6.45, 7) is 9.48. The normalized spacial score (nSPS) is 11.8. The van der Waals surface area contributed by atoms with Crippen LogP contribution in [-0.2, 0) is 17.5 Å². The minimum atomic E-state index is -4.34. The van der Waals surface area contributed by atoms with Crippen LogP contribution in [0.3, 0.4) is 0 Å². The fraction of sp³-hybridized carbons (Fsp3) is 0.389. The second-order valence-corrected chi connectivity index (χ2v) is 4.84. The van der Waals surface area contributed by atoms with E-state index in [4.69, 9.17) is 5.73 Å². The lowest BCUT2D eigenvalue weighted by Crippen LogP contribution is -2.21. The van der Waals surface area contributed by atoms with E-state index in [0.29, 0.717) is 24.2 Å². The van der Waals surface area contributed by atoms with Crippen LogP contribution in [0.2, 0.25) is 0 Å². The lowest BCUT2D eigenvalue weighted by atomic mass is 10.1. The zero-order valence-corrected chi connectivity index (χ0v) is 14.3. The molecule has 1 aromatic rings. The van der Waals surface area contributed by atoms with Gasteiger partial charge in [0.05, 0.1) is 11.3 Å². The van der Waals surface area contributed by atoms with Crippen molar-refractivity contribution in [3.8, 4) is 0 Å². The first-order valence-electron chi connectivity index (χ1n) is 7.76. The SMILES string of the molecule is C=CCCC(=O)/C(N)=C(\C)NCc1ccc(C(F)(F)F)cc1.CC. The molecule has 3 nitrogen and oxygen atoms in total. The quantitative estimate of drug-likeness (QED) is 0.565. The minimum Gasteiger partial charge on any atom is -0.394 e. The van der Waals surface area contributed by atoms with Gasteiger partial charge in [0.15, 0.2) is 5.78 Å². The van der Waals surface area contributed by atoms with Gasteiger partial charge in [-0.3, -0.25) is 4.79 Å². The summed E-state index contributed by atoms with van der Waals surface area (Å²) in [4.78, 5) is 11.7. The smallest absolute Gasteiger partial charge is 0.394 e. The zero-order chi connectivity index (χ0) is 18.8. The van der Waals surface area contributed by atoms with Gasteiger partial charge < -0.3 is 11.1 Å². The van der Waals surface area contributed by atoms with Crippen LogP contribution in [0.5, 0.6) is 0 Å². The van der Waals surface area contributed by atoms with E-state index in [-0.39, 0.29) is 17.9 Å². The van der Waals surface area contributed by atoms with Crippen molar-refractivity contribution in [2.24, 2.45) is 5.73 Å². The van der Waals surface area contributed by atoms with Crippen LogP contribution in [0.25, 0.3) is 0 Å². The molecule has 0 saturated carbocycles. The Hall–Kier alpha value is -2.24. The van der Waals surface area contributed by atoms with Crippen molar-refractivity contribution in [2.75, 3.05) is 0 Å². The van der Waals surface area contributed by atoms with Crippen LogP contribution in [0.4, 0.5) is 13.2 Å². The molecule has 0 atom stereocenters. The van der Waals surface area contributed by atoms with Crippen LogP contribution in [0, 0.1) is 0 Å². The number of nitrogens with one attached hydrogen (secondary N) is 1. The van der Waals surface area contributed by atoms with E-state index in [1.165, 1.54) is 12.1 Å². The molecule has 0 saturated heterocycles. The number of rotatable bonds is 7. The highest BCUT2D eigenvalue weighted by Crippen LogP contribution is 2.29. The molecule has 134 valence electrons. The summed E-state index contributed by atoms with van der Waals surface area (Å²) in [7, 11) is 0. The Morgan fingerprint density at radius 3 is 2.25 bits per heavy atom. The summed E-state index contributed by atoms with van der Waals surface area (Å²) in [6, 6.07) is 4.82. The third-order valence-corrected chi connectivity index (χ3v) is 3.12. The molecule has 0 amide bonds. The Balaban J connectivity index is 0.00000254. The van der Waals surface area contributed by atoms with Gasteiger partial charge in [-0.2, -0.15) is 13.2 Å². The zero-order valence-electron chi connectivity index (χ0n) is 14.3. The molecule has 0 radical (unpaired) electrons. The molecule has 0 aliphatic heterocycles. The van der Waals surface area contributed by atoms with Crippen molar-refractivity contribution in [1.29, 1.82) is 0 Å². The Bertz CT molecular complexity index is 561. The summed E-state index contributed by atoms with van der Waals surface area (Å²) in [5, 5.41) is 2.94. The number of hydrogen-bond donors (Lipinski definition) is 2. The number of alkyl halides is 3. The Labute approximate surface area is 141 Å². The molecule has 1 rings (SSSR count). The van der Waals surface area contributed by atoms with E-state index in [0.717, 1.165) is 12.1 Å². The molecule has 0 aliphatic carbocycles. The summed E-state index contributed by atoms with van der Waals surface area (Å²) in [5.41, 5.74) is 6.35. The maximum atomic E-state index is 12.4. The molecule has 0 bridgehead atoms. The summed E-state index contributed by atoms with van der Waals surface area (Å²) in [5.74, 6) is -0.183. The predicted octanol–water partition coefficient (Wildman–Crippen LogP) is 4.55. The van der Waals surface area contributed by atoms with Crippen molar-refractivity contribution in [1.82, 2.24) is 5.32 Å². The van der Waals surface area contributed by atoms with Crippen LogP contribution in [-0.4, -0.2) is 5.78 Å². The van der Waals surface area contributed by atoms with Crippen LogP contribution >= 0.6 is 0 Å². The van der Waals surface area contributed by atoms with E-state index in [2.05, 4.69) is 11.9 Å². The van der Waals surface area contributed by atoms with Crippen LogP contribution in [0.1, 0.15) is 44.7 Å². The number of Topliss-reactive ketones (excluding diaryl/α,β-unsaturated/α-hetero) is 1. The molecule has 0 spiro atoms. The molecule has 0 aromatic heterocycles. The first kappa shape index (κ1) is 21.8. The number of allylic oxidation sites excluding steroid dienone is 3. The largest absolute Gasteiger partial charge is 0.416 e. The van der Waals surface area contributed by atoms with E-state index in [1.54, 1.807) is 13.0 Å². The maximum absolute atomic E-state index is 12.4. The van der Waals surface area contributed by atoms with Crippen molar-refractivity contribution < 1.29 is 18.0 Å². The maximum Gasteiger partial charge on any atom is 0.416 e. The average molecular weight is 342 g/mol. The second kappa shape index (κ2) is 10.5. The number of hydrogen-bond acceptors (Lipinski definition) is 3. The standard InChI is InChI=1S/C16H19F3N2O.C2H6/c1-3-4-5-14(22)15(20)11(2)21-10-12-6-8-13(9-7-12)16(17,18)19;1-2/h3,6-9,21H,1,4-5,10,20H2,2H3;1-2H3/b15-11-;. The first-order valence-corrected chi connectivity index (χ1v) is 7.76. The number of halogens is 3. The van der Waals surface area contributed by atoms with Gasteiger partial charge in [0.25, 0.3) is 0 Å². The highest BCUT2D eigenvalue weighted by atomic mass is 19.4. The van der Waals surface area contributed by atoms with Crippen LogP contribution in [0.15, 0.2) is 48.3 Å². The van der Waals surface area contributed by atoms with Gasteiger partial charge in [-0.1, -0.05) is 32.1 Å². The fourth-order valence-corrected chi connectivity index (χ4v) is 1.72. The van der Waals surface area contributed by atoms with Gasteiger partial charge >= 0.3 is 6.18 Å². The number of benzene rings is 1. The topological polar surface area (TPSA) is 55.1 Å². The minimum absolute atomic E-state index is 0.133. The number of carbonyl (C=O) groups excluding carboxylic acids is 1. The fourth-order valence-electron chi connectivity index (χ4n) is 1.72. The molecule has 3 N–H and O–H groups in total. The molecule has 1 aromatic carbocycles. The highest BCUT2D eigenvalue weighted by Gasteiger charge is 2.29. The Morgan fingerprint density at radius 1 is 1.25 bits per heavy atom. The third-order valence-electron chi connectivity index (χ3n) is 3.12. The van der Waals surface area contributed by atoms with Crippen LogP contribution < -0.4 is 11.1 Å². The third kappa shape index (κ3) is 7.35. The van der Waals surface area contributed by atoms with Crippen molar-refractivity contribution in [3.63, 3.8) is 0 Å². The molecule has 0 heterocycles. The Morgan fingerprint density at radius 2 is 1.79 bits per heavy atom. The molecular weight excluding hydrogens is 317 g/mol. The summed E-state index contributed by atoms with van der Waals surface area (Å²) < 4.78 is 37.3. The van der Waals surface area contributed by atoms with Gasteiger partial charge in [0.2, 0.25) is 0 Å². The van der Waals surface area contributed by atoms with Gasteiger partial charge in [0, 0.05) is 18.7 Å². The molecule has 0 fully saturated rings. The molecule has 0 aliphatic rings. The molecule has 0 unspecified atom stereocenters. The number of nitrogens with two attached hydrogens (primary N) is 1. The summed E-state index contributed by atoms with van der Waals surface area (Å²) >= 11 is 0. The van der Waals surface area contributed by atoms with E-state index >= 15 is 0 Å². The molecule has 24 heavy (non-hydrogen) atoms. The van der Waals surface area contributed by atoms with Gasteiger partial charge in [0.1, 0.15) is 0 Å². The van der Waals surface area contributed by atoms with E-state index < -0.39 is 11.7 Å². The highest BCUT2D eigenvalue weighted by molar-refractivity contribution is 5.95. The van der Waals surface area contributed by atoms with E-state index in [9.17, 15) is 18.0 Å². The number of ketones is 1. The second-order valence-electron chi connectivity index (χ2n) is 4.84. The number of carbonyl (C=O) groups is 1. The van der Waals surface area contributed by atoms with Crippen molar-refractivity contribution in [2.45, 2.75) is 46.3 Å². The van der Waals surface area contributed by atoms with Gasteiger partial charge in [-0.15, -0.1) is 6.58 Å². The first-order chi connectivity index (χ1) is 11.3. The lowest BCUT2D eigenvalue weighted by Gasteiger charge is -2.11. The average Bonchev–Trinajstić information content (AvgIpc) is 2.58. The molecular formula is C18H25F3N2O. The lowest BCUT2D eigenvalue weighted by molar-refractivity contribution is -0.137. The molecule has 6 heteroatoms. The monoisotopic (exact) mass is 342 g/mol. The van der Waals surface area contributed by atoms with Gasteiger partial charge in [-0.25, -0.2) is 0 Å². The summed E-state index contributed by atoms with van der Waals surface area (Å²) in [6.07, 6.45) is -1.87. The van der Waals surface area contributed by atoms with Gasteiger partial charge in [-0.05, 0) is 31.0 Å². The van der Waals surface area contributed by atoms with Crippen molar-refractivity contribution >= 4 is 5.78 Å². The van der Waals surface area contributed by atoms with E-state index in [1.807, 2.05) is 13.8 Å². The Kier molecular flexibility index (Phi) is 9.54.